The predicted molar refractivity (Wildman–Crippen MR) is 143 cm³/mol. The molecule has 5 aromatic rings. The number of rotatable bonds is 9. The second kappa shape index (κ2) is 10.5. The lowest BCUT2D eigenvalue weighted by atomic mass is 10.1. The van der Waals surface area contributed by atoms with Crippen LogP contribution in [-0.4, -0.2) is 47.4 Å². The maximum atomic E-state index is 12.8. The molecule has 0 bridgehead atoms. The van der Waals surface area contributed by atoms with Crippen LogP contribution in [0.3, 0.4) is 0 Å². The molecule has 0 aliphatic rings. The molecule has 0 unspecified atom stereocenters. The van der Waals surface area contributed by atoms with E-state index in [1.54, 1.807) is 67.4 Å². The SMILES string of the molecule is CCC(=O)c1cnc(Nc2ccn(-c3ccccn3)n2)cc1N(N)c1cccc(-c2ncn(C)n2)c1OC. The summed E-state index contributed by atoms with van der Waals surface area (Å²) < 4.78 is 8.99. The Morgan fingerprint density at radius 2 is 1.92 bits per heavy atom. The number of methoxy groups -OCH3 is 1. The first kappa shape index (κ1) is 24.6. The summed E-state index contributed by atoms with van der Waals surface area (Å²) in [6, 6.07) is 14.6. The van der Waals surface area contributed by atoms with Gasteiger partial charge < -0.3 is 10.1 Å². The molecular formula is C26H26N10O2. The minimum Gasteiger partial charge on any atom is -0.494 e. The molecular weight excluding hydrogens is 484 g/mol. The van der Waals surface area contributed by atoms with Crippen molar-refractivity contribution in [2.45, 2.75) is 13.3 Å². The molecule has 0 aliphatic heterocycles. The highest BCUT2D eigenvalue weighted by molar-refractivity contribution is 6.02. The highest BCUT2D eigenvalue weighted by Gasteiger charge is 2.22. The Morgan fingerprint density at radius 3 is 2.63 bits per heavy atom. The van der Waals surface area contributed by atoms with Gasteiger partial charge in [-0.05, 0) is 24.3 Å². The highest BCUT2D eigenvalue weighted by atomic mass is 16.5. The lowest BCUT2D eigenvalue weighted by Gasteiger charge is -2.24. The number of carbonyl (C=O) groups is 1. The van der Waals surface area contributed by atoms with Crippen LogP contribution in [-0.2, 0) is 7.05 Å². The second-order valence-corrected chi connectivity index (χ2v) is 8.29. The first-order valence-corrected chi connectivity index (χ1v) is 11.8. The Bertz CT molecular complexity index is 1580. The number of hydrogen-bond donors (Lipinski definition) is 2. The molecule has 0 radical (unpaired) electrons. The van der Waals surface area contributed by atoms with Gasteiger partial charge in [-0.1, -0.05) is 19.1 Å². The third-order valence-corrected chi connectivity index (χ3v) is 5.79. The molecule has 0 saturated heterocycles. The van der Waals surface area contributed by atoms with Gasteiger partial charge in [-0.3, -0.25) is 14.5 Å². The molecule has 4 aromatic heterocycles. The van der Waals surface area contributed by atoms with Crippen molar-refractivity contribution in [3.63, 3.8) is 0 Å². The number of pyridine rings is 2. The fourth-order valence-electron chi connectivity index (χ4n) is 3.95. The van der Waals surface area contributed by atoms with Crippen LogP contribution in [0.2, 0.25) is 0 Å². The highest BCUT2D eigenvalue weighted by Crippen LogP contribution is 2.40. The van der Waals surface area contributed by atoms with E-state index in [1.165, 1.54) is 11.2 Å². The van der Waals surface area contributed by atoms with Crippen molar-refractivity contribution < 1.29 is 9.53 Å². The standard InChI is InChI=1S/C26H26N10O2/c1-4-21(37)18-15-29-23(31-22-11-13-35(32-22)24-10-5-6-12-28-24)14-20(18)36(27)19-9-7-8-17(25(19)38-3)26-30-16-34(2)33-26/h5-16H,4,27H2,1-3H3,(H,29,31,32). The average molecular weight is 511 g/mol. The summed E-state index contributed by atoms with van der Waals surface area (Å²) in [6.07, 6.45) is 6.90. The zero-order valence-electron chi connectivity index (χ0n) is 21.1. The van der Waals surface area contributed by atoms with E-state index in [-0.39, 0.29) is 5.78 Å². The van der Waals surface area contributed by atoms with Crippen molar-refractivity contribution in [1.29, 1.82) is 0 Å². The van der Waals surface area contributed by atoms with Gasteiger partial charge >= 0.3 is 0 Å². The van der Waals surface area contributed by atoms with Crippen LogP contribution in [0.1, 0.15) is 23.7 Å². The van der Waals surface area contributed by atoms with E-state index in [9.17, 15) is 4.79 Å². The van der Waals surface area contributed by atoms with Crippen molar-refractivity contribution in [3.8, 4) is 23.0 Å². The third-order valence-electron chi connectivity index (χ3n) is 5.79. The van der Waals surface area contributed by atoms with Crippen molar-refractivity contribution >= 4 is 28.8 Å². The Labute approximate surface area is 218 Å². The summed E-state index contributed by atoms with van der Waals surface area (Å²) in [6.45, 7) is 1.79. The Morgan fingerprint density at radius 1 is 1.05 bits per heavy atom. The van der Waals surface area contributed by atoms with Gasteiger partial charge in [0.05, 0.1) is 23.9 Å². The molecule has 0 amide bonds. The van der Waals surface area contributed by atoms with Crippen LogP contribution in [0.5, 0.6) is 5.75 Å². The van der Waals surface area contributed by atoms with Crippen molar-refractivity contribution in [3.05, 3.63) is 79.0 Å². The van der Waals surface area contributed by atoms with Gasteiger partial charge in [0.1, 0.15) is 17.8 Å². The van der Waals surface area contributed by atoms with Crippen LogP contribution >= 0.6 is 0 Å². The summed E-state index contributed by atoms with van der Waals surface area (Å²) >= 11 is 0. The van der Waals surface area contributed by atoms with Gasteiger partial charge in [0, 0.05) is 44.2 Å². The molecule has 0 saturated carbocycles. The van der Waals surface area contributed by atoms with Crippen LogP contribution < -0.4 is 20.9 Å². The monoisotopic (exact) mass is 510 g/mol. The van der Waals surface area contributed by atoms with E-state index < -0.39 is 0 Å². The number of aromatic nitrogens is 7. The van der Waals surface area contributed by atoms with E-state index in [0.717, 1.165) is 0 Å². The van der Waals surface area contributed by atoms with E-state index in [1.807, 2.05) is 30.3 Å². The van der Waals surface area contributed by atoms with Crippen molar-refractivity contribution in [2.75, 3.05) is 17.4 Å². The fourth-order valence-corrected chi connectivity index (χ4v) is 3.95. The number of Topliss-reactive ketones (excluding diaryl/α,β-unsaturated/α-hetero) is 1. The summed E-state index contributed by atoms with van der Waals surface area (Å²) in [5.74, 6) is 9.20. The first-order chi connectivity index (χ1) is 18.5. The number of nitrogens with zero attached hydrogens (tertiary/aromatic N) is 8. The van der Waals surface area contributed by atoms with Gasteiger partial charge in [0.25, 0.3) is 0 Å². The van der Waals surface area contributed by atoms with Crippen LogP contribution in [0, 0.1) is 0 Å². The molecule has 0 aliphatic carbocycles. The Kier molecular flexibility index (Phi) is 6.78. The quantitative estimate of drug-likeness (QED) is 0.171. The minimum atomic E-state index is -0.101. The van der Waals surface area contributed by atoms with Gasteiger partial charge in [-0.25, -0.2) is 25.5 Å². The van der Waals surface area contributed by atoms with Crippen molar-refractivity contribution in [2.24, 2.45) is 12.9 Å². The topological polar surface area (TPSA) is 142 Å². The molecule has 1 aromatic carbocycles. The predicted octanol–water partition coefficient (Wildman–Crippen LogP) is 3.81. The number of carbonyl (C=O) groups excluding carboxylic acids is 1. The molecule has 0 atom stereocenters. The van der Waals surface area contributed by atoms with E-state index in [0.29, 0.717) is 58.0 Å². The number of anilines is 4. The molecule has 12 heteroatoms. The largest absolute Gasteiger partial charge is 0.494 e. The van der Waals surface area contributed by atoms with Gasteiger partial charge in [-0.15, -0.1) is 5.10 Å². The lowest BCUT2D eigenvalue weighted by molar-refractivity contribution is 0.0988. The number of hydrogen-bond acceptors (Lipinski definition) is 10. The van der Waals surface area contributed by atoms with Gasteiger partial charge in [-0.2, -0.15) is 5.10 Å². The van der Waals surface area contributed by atoms with Gasteiger partial charge in [0.15, 0.2) is 29.0 Å². The Balaban J connectivity index is 1.52. The number of nitrogens with two attached hydrogens (primary N) is 1. The summed E-state index contributed by atoms with van der Waals surface area (Å²) in [7, 11) is 3.34. The zero-order chi connectivity index (χ0) is 26.6. The van der Waals surface area contributed by atoms with Gasteiger partial charge in [0.2, 0.25) is 0 Å². The third kappa shape index (κ3) is 4.80. The summed E-state index contributed by atoms with van der Waals surface area (Å²) in [4.78, 5) is 25.9. The maximum absolute atomic E-state index is 12.8. The number of hydrazine groups is 1. The van der Waals surface area contributed by atoms with Crippen LogP contribution in [0.4, 0.5) is 23.0 Å². The molecule has 192 valence electrons. The molecule has 38 heavy (non-hydrogen) atoms. The molecule has 12 nitrogen and oxygen atoms in total. The summed E-state index contributed by atoms with van der Waals surface area (Å²) in [5.41, 5.74) is 2.02. The number of aryl methyl sites for hydroxylation is 1. The van der Waals surface area contributed by atoms with Crippen LogP contribution in [0.15, 0.2) is 73.4 Å². The maximum Gasteiger partial charge on any atom is 0.184 e. The van der Waals surface area contributed by atoms with E-state index in [4.69, 9.17) is 10.6 Å². The average Bonchev–Trinajstić information content (AvgIpc) is 3.61. The number of benzene rings is 1. The smallest absolute Gasteiger partial charge is 0.184 e. The summed E-state index contributed by atoms with van der Waals surface area (Å²) in [5, 5.41) is 13.5. The molecule has 0 spiro atoms. The molecule has 5 rings (SSSR count). The molecule has 3 N–H and O–H groups in total. The zero-order valence-corrected chi connectivity index (χ0v) is 21.1. The normalized spacial score (nSPS) is 10.8. The second-order valence-electron chi connectivity index (χ2n) is 8.29. The van der Waals surface area contributed by atoms with E-state index >= 15 is 0 Å². The number of ketones is 1. The first-order valence-electron chi connectivity index (χ1n) is 11.8. The number of para-hydroxylation sites is 1. The minimum absolute atomic E-state index is 0.101. The van der Waals surface area contributed by atoms with E-state index in [2.05, 4.69) is 30.5 Å². The van der Waals surface area contributed by atoms with Crippen molar-refractivity contribution in [1.82, 2.24) is 34.5 Å². The lowest BCUT2D eigenvalue weighted by Crippen LogP contribution is -2.28. The molecule has 4 heterocycles. The fraction of sp³-hybridized carbons (Fsp3) is 0.154. The number of ether oxygens (including phenoxy) is 1. The van der Waals surface area contributed by atoms with Crippen LogP contribution in [0.25, 0.3) is 17.2 Å². The molecule has 0 fully saturated rings. The number of nitrogens with one attached hydrogen (secondary N) is 1. The Hall–Kier alpha value is -5.10.